The Labute approximate surface area is 145 Å². The summed E-state index contributed by atoms with van der Waals surface area (Å²) < 4.78 is 0. The number of nitro benzene ring substituents is 1. The molecule has 4 bridgehead atoms. The number of hydrogen-bond acceptors (Lipinski definition) is 3. The van der Waals surface area contributed by atoms with Crippen molar-refractivity contribution in [1.82, 2.24) is 5.32 Å². The Balaban J connectivity index is 1.46. The molecule has 1 aromatic rings. The molecule has 4 aliphatic carbocycles. The third-order valence-corrected chi connectivity index (χ3v) is 6.51. The maximum Gasteiger partial charge on any atom is 0.288 e. The first-order valence-corrected chi connectivity index (χ1v) is 9.04. The van der Waals surface area contributed by atoms with Crippen LogP contribution in [0, 0.1) is 33.3 Å². The van der Waals surface area contributed by atoms with Crippen LogP contribution in [0.25, 0.3) is 0 Å². The minimum atomic E-state index is -0.557. The second-order valence-electron chi connectivity index (χ2n) is 8.02. The molecule has 1 N–H and O–H groups in total. The number of nitrogens with zero attached hydrogens (tertiary/aromatic N) is 1. The second-order valence-corrected chi connectivity index (χ2v) is 8.43. The number of carbonyl (C=O) groups excluding carboxylic acids is 1. The molecule has 128 valence electrons. The van der Waals surface area contributed by atoms with Gasteiger partial charge in [0, 0.05) is 18.2 Å². The van der Waals surface area contributed by atoms with Crippen molar-refractivity contribution in [2.45, 2.75) is 38.5 Å². The van der Waals surface area contributed by atoms with Gasteiger partial charge >= 0.3 is 0 Å². The Morgan fingerprint density at radius 2 is 1.79 bits per heavy atom. The summed E-state index contributed by atoms with van der Waals surface area (Å²) in [5.41, 5.74) is 0.331. The van der Waals surface area contributed by atoms with Gasteiger partial charge in [-0.15, -0.1) is 0 Å². The van der Waals surface area contributed by atoms with Gasteiger partial charge < -0.3 is 5.32 Å². The molecule has 4 aliphatic rings. The fourth-order valence-electron chi connectivity index (χ4n) is 5.67. The molecular formula is C18H21ClN2O3. The van der Waals surface area contributed by atoms with Gasteiger partial charge in [-0.3, -0.25) is 14.9 Å². The zero-order chi connectivity index (χ0) is 16.9. The van der Waals surface area contributed by atoms with Crippen LogP contribution >= 0.6 is 11.6 Å². The number of benzene rings is 1. The standard InChI is InChI=1S/C18H21ClN2O3/c19-15-2-1-14(6-16(15)21(23)24)17(22)20-10-18-7-11-3-12(8-18)5-13(4-11)9-18/h1-2,6,11-13H,3-5,7-10H2,(H,20,22). The summed E-state index contributed by atoms with van der Waals surface area (Å²) in [5, 5.41) is 14.1. The Bertz CT molecular complexity index is 668. The molecule has 24 heavy (non-hydrogen) atoms. The van der Waals surface area contributed by atoms with Crippen molar-refractivity contribution in [3.63, 3.8) is 0 Å². The molecule has 0 unspecified atom stereocenters. The van der Waals surface area contributed by atoms with Gasteiger partial charge in [-0.1, -0.05) is 11.6 Å². The lowest BCUT2D eigenvalue weighted by Gasteiger charge is -2.56. The molecule has 4 fully saturated rings. The van der Waals surface area contributed by atoms with Gasteiger partial charge in [-0.05, 0) is 73.8 Å². The van der Waals surface area contributed by atoms with Crippen LogP contribution in [0.1, 0.15) is 48.9 Å². The predicted molar refractivity (Wildman–Crippen MR) is 91.0 cm³/mol. The summed E-state index contributed by atoms with van der Waals surface area (Å²) in [6.45, 7) is 0.686. The molecule has 0 aromatic heterocycles. The fraction of sp³-hybridized carbons (Fsp3) is 0.611. The molecule has 0 spiro atoms. The van der Waals surface area contributed by atoms with Crippen molar-refractivity contribution in [2.75, 3.05) is 6.54 Å². The van der Waals surface area contributed by atoms with Crippen LogP contribution in [0.5, 0.6) is 0 Å². The summed E-state index contributed by atoms with van der Waals surface area (Å²) in [6, 6.07) is 4.22. The van der Waals surface area contributed by atoms with Gasteiger partial charge in [0.25, 0.3) is 11.6 Å². The van der Waals surface area contributed by atoms with Gasteiger partial charge in [0.2, 0.25) is 0 Å². The first kappa shape index (κ1) is 15.9. The Morgan fingerprint density at radius 3 is 2.33 bits per heavy atom. The smallest absolute Gasteiger partial charge is 0.288 e. The molecular weight excluding hydrogens is 328 g/mol. The van der Waals surface area contributed by atoms with E-state index >= 15 is 0 Å². The van der Waals surface area contributed by atoms with Gasteiger partial charge in [0.15, 0.2) is 0 Å². The highest BCUT2D eigenvalue weighted by molar-refractivity contribution is 6.32. The summed E-state index contributed by atoms with van der Waals surface area (Å²) in [7, 11) is 0. The Morgan fingerprint density at radius 1 is 1.21 bits per heavy atom. The highest BCUT2D eigenvalue weighted by Gasteiger charge is 2.50. The molecule has 1 amide bonds. The number of nitrogens with one attached hydrogen (secondary N) is 1. The lowest BCUT2D eigenvalue weighted by atomic mass is 9.49. The zero-order valence-electron chi connectivity index (χ0n) is 13.5. The number of hydrogen-bond donors (Lipinski definition) is 1. The molecule has 0 radical (unpaired) electrons. The summed E-state index contributed by atoms with van der Waals surface area (Å²) in [6.07, 6.45) is 7.78. The summed E-state index contributed by atoms with van der Waals surface area (Å²) in [4.78, 5) is 22.9. The minimum absolute atomic E-state index is 0.0534. The number of carbonyl (C=O) groups is 1. The van der Waals surface area contributed by atoms with E-state index in [0.29, 0.717) is 12.1 Å². The lowest BCUT2D eigenvalue weighted by molar-refractivity contribution is -0.384. The predicted octanol–water partition coefficient (Wildman–Crippen LogP) is 4.19. The second kappa shape index (κ2) is 5.73. The van der Waals surface area contributed by atoms with Crippen LogP contribution in [-0.4, -0.2) is 17.4 Å². The topological polar surface area (TPSA) is 72.2 Å². The molecule has 5 nitrogen and oxygen atoms in total. The highest BCUT2D eigenvalue weighted by Crippen LogP contribution is 2.59. The third kappa shape index (κ3) is 2.79. The van der Waals surface area contributed by atoms with Crippen LogP contribution in [-0.2, 0) is 0 Å². The number of nitro groups is 1. The molecule has 6 heteroatoms. The summed E-state index contributed by atoms with van der Waals surface area (Å²) in [5.74, 6) is 2.27. The third-order valence-electron chi connectivity index (χ3n) is 6.19. The number of halogens is 1. The van der Waals surface area contributed by atoms with Crippen molar-refractivity contribution < 1.29 is 9.72 Å². The van der Waals surface area contributed by atoms with Crippen molar-refractivity contribution >= 4 is 23.2 Å². The zero-order valence-corrected chi connectivity index (χ0v) is 14.2. The SMILES string of the molecule is O=C(NCC12CC3CC(CC(C3)C1)C2)c1ccc(Cl)c([N+](=O)[O-])c1. The van der Waals surface area contributed by atoms with Crippen LogP contribution in [0.15, 0.2) is 18.2 Å². The van der Waals surface area contributed by atoms with Gasteiger partial charge in [-0.2, -0.15) is 0 Å². The van der Waals surface area contributed by atoms with Crippen LogP contribution < -0.4 is 5.32 Å². The van der Waals surface area contributed by atoms with Crippen molar-refractivity contribution in [2.24, 2.45) is 23.2 Å². The first-order chi connectivity index (χ1) is 11.4. The monoisotopic (exact) mass is 348 g/mol. The Hall–Kier alpha value is -1.62. The van der Waals surface area contributed by atoms with Crippen molar-refractivity contribution in [1.29, 1.82) is 0 Å². The molecule has 1 aromatic carbocycles. The molecule has 0 atom stereocenters. The maximum atomic E-state index is 12.4. The molecule has 0 heterocycles. The minimum Gasteiger partial charge on any atom is -0.351 e. The largest absolute Gasteiger partial charge is 0.351 e. The molecule has 4 saturated carbocycles. The van der Waals surface area contributed by atoms with Crippen LogP contribution in [0.3, 0.4) is 0 Å². The maximum absolute atomic E-state index is 12.4. The molecule has 0 aliphatic heterocycles. The van der Waals surface area contributed by atoms with E-state index in [0.717, 1.165) is 17.8 Å². The van der Waals surface area contributed by atoms with E-state index in [2.05, 4.69) is 5.32 Å². The van der Waals surface area contributed by atoms with E-state index < -0.39 is 4.92 Å². The van der Waals surface area contributed by atoms with E-state index in [4.69, 9.17) is 11.6 Å². The van der Waals surface area contributed by atoms with Crippen LogP contribution in [0.2, 0.25) is 5.02 Å². The van der Waals surface area contributed by atoms with E-state index in [1.165, 1.54) is 50.7 Å². The normalized spacial score (nSPS) is 33.5. The van der Waals surface area contributed by atoms with Crippen molar-refractivity contribution in [3.05, 3.63) is 38.9 Å². The van der Waals surface area contributed by atoms with Gasteiger partial charge in [0.1, 0.15) is 5.02 Å². The lowest BCUT2D eigenvalue weighted by Crippen LogP contribution is -2.51. The van der Waals surface area contributed by atoms with Crippen molar-refractivity contribution in [3.8, 4) is 0 Å². The van der Waals surface area contributed by atoms with E-state index in [-0.39, 0.29) is 22.0 Å². The van der Waals surface area contributed by atoms with E-state index in [9.17, 15) is 14.9 Å². The number of amides is 1. The average molecular weight is 349 g/mol. The average Bonchev–Trinajstić information content (AvgIpc) is 2.51. The first-order valence-electron chi connectivity index (χ1n) is 8.66. The van der Waals surface area contributed by atoms with Gasteiger partial charge in [0.05, 0.1) is 4.92 Å². The quantitative estimate of drug-likeness (QED) is 0.654. The summed E-state index contributed by atoms with van der Waals surface area (Å²) >= 11 is 5.81. The molecule has 0 saturated heterocycles. The fourth-order valence-corrected chi connectivity index (χ4v) is 5.86. The van der Waals surface area contributed by atoms with E-state index in [1.54, 1.807) is 6.07 Å². The highest BCUT2D eigenvalue weighted by atomic mass is 35.5. The number of rotatable bonds is 4. The van der Waals surface area contributed by atoms with E-state index in [1.807, 2.05) is 0 Å². The van der Waals surface area contributed by atoms with Gasteiger partial charge in [-0.25, -0.2) is 0 Å². The molecule has 5 rings (SSSR count). The Kier molecular flexibility index (Phi) is 3.79. The van der Waals surface area contributed by atoms with Crippen LogP contribution in [0.4, 0.5) is 5.69 Å².